The number of halogens is 4. The molecule has 29 heteroatoms. The number of nitrogens with zero attached hydrogens (tertiary/aromatic N) is 9. The molecule has 102 heavy (non-hydrogen) atoms. The van der Waals surface area contributed by atoms with E-state index in [1.807, 2.05) is 6.92 Å². The lowest BCUT2D eigenvalue weighted by Gasteiger charge is -2.44. The maximum absolute atomic E-state index is 16.0. The van der Waals surface area contributed by atoms with Crippen LogP contribution in [0.2, 0.25) is 0 Å². The van der Waals surface area contributed by atoms with Crippen molar-refractivity contribution in [2.75, 3.05) is 88.7 Å². The predicted molar refractivity (Wildman–Crippen MR) is 372 cm³/mol. The second-order valence-corrected chi connectivity index (χ2v) is 32.2. The van der Waals surface area contributed by atoms with Crippen molar-refractivity contribution in [1.82, 2.24) is 60.0 Å². The maximum Gasteiger partial charge on any atom is 0.393 e. The molecule has 9 rings (SSSR count). The Bertz CT molecular complexity index is 3040. The molecule has 4 saturated heterocycles. The fraction of sp³-hybridized carbons (Fsp3) is 0.836. The Kier molecular flexibility index (Phi) is 27.2. The molecule has 2 bridgehead atoms. The van der Waals surface area contributed by atoms with E-state index >= 15 is 33.6 Å². The monoisotopic (exact) mass is 1460 g/mol. The molecule has 0 aromatic heterocycles. The van der Waals surface area contributed by atoms with Crippen LogP contribution in [0.5, 0.6) is 0 Å². The van der Waals surface area contributed by atoms with Gasteiger partial charge in [0.25, 0.3) is 0 Å². The highest BCUT2D eigenvalue weighted by molar-refractivity contribution is 6.21. The van der Waals surface area contributed by atoms with Gasteiger partial charge in [0, 0.05) is 61.3 Å². The first-order valence-electron chi connectivity index (χ1n) is 38.0. The lowest BCUT2D eigenvalue weighted by Crippen LogP contribution is -2.65. The van der Waals surface area contributed by atoms with E-state index in [0.717, 1.165) is 61.2 Å². The average molecular weight is 1460 g/mol. The van der Waals surface area contributed by atoms with Gasteiger partial charge in [0.2, 0.25) is 70.9 Å². The van der Waals surface area contributed by atoms with E-state index in [0.29, 0.717) is 64.2 Å². The summed E-state index contributed by atoms with van der Waals surface area (Å²) in [7, 11) is 10.2. The molecule has 0 aromatic rings. The van der Waals surface area contributed by atoms with Crippen LogP contribution in [0, 0.1) is 35.5 Å². The van der Waals surface area contributed by atoms with Gasteiger partial charge in [0.05, 0.1) is 57.3 Å². The van der Waals surface area contributed by atoms with Crippen molar-refractivity contribution >= 4 is 82.5 Å². The predicted octanol–water partition coefficient (Wildman–Crippen LogP) is 5.23. The van der Waals surface area contributed by atoms with Gasteiger partial charge in [-0.3, -0.25) is 57.5 Å². The van der Waals surface area contributed by atoms with Gasteiger partial charge in [-0.1, -0.05) is 84.5 Å². The highest BCUT2D eigenvalue weighted by atomic mass is 35.5. The van der Waals surface area contributed by atoms with Crippen LogP contribution in [0.15, 0.2) is 0 Å². The number of carbonyl (C=O) groups excluding carboxylic acids is 12. The van der Waals surface area contributed by atoms with Gasteiger partial charge >= 0.3 is 6.18 Å². The molecule has 13 atom stereocenters. The number of hydrogen-bond acceptors (Lipinski definition) is 13. The molecule has 4 heterocycles. The molecular formula is C73H114ClF3N12O13. The Morgan fingerprint density at radius 1 is 0.588 bits per heavy atom. The number of ether oxygens (including phenoxy) is 1. The third kappa shape index (κ3) is 18.3. The largest absolute Gasteiger partial charge is 0.393 e. The quantitative estimate of drug-likeness (QED) is 0.237. The first-order valence-corrected chi connectivity index (χ1v) is 38.4. The summed E-state index contributed by atoms with van der Waals surface area (Å²) in [6, 6.07) is -9.15. The Labute approximate surface area is 604 Å². The van der Waals surface area contributed by atoms with Crippen LogP contribution in [0.4, 0.5) is 13.2 Å². The normalized spacial score (nSPS) is 32.3. The third-order valence-electron chi connectivity index (χ3n) is 24.8. The van der Waals surface area contributed by atoms with Crippen LogP contribution in [0.3, 0.4) is 0 Å². The fourth-order valence-corrected chi connectivity index (χ4v) is 18.5. The van der Waals surface area contributed by atoms with Gasteiger partial charge in [-0.15, -0.1) is 11.6 Å². The highest BCUT2D eigenvalue weighted by Crippen LogP contribution is 2.44. The first kappa shape index (κ1) is 79.8. The molecular weight excluding hydrogens is 1350 g/mol. The summed E-state index contributed by atoms with van der Waals surface area (Å²) in [5, 5.41) is 7.70. The van der Waals surface area contributed by atoms with Crippen molar-refractivity contribution in [2.45, 2.75) is 265 Å². The SMILES string of the molecule is CC[C@H](C)[C@@H]1NC(=O)[C@H](C2CCC2)N(C)C(=O)C[C@@H](C(=O)N2C3CCC2COC3)N(C)C(=O)[C@H](C2CCCCC2)N(C)C(=O)C2(CCCC2)NC(=O)[C@@H]2CCCN2C(=O)[C@H](CCC2CCC(C(F)(F)F)C(Cl)C2)NC(=O)CN(C)C(=O)[C@H](CC2CCCC2)N(C)C(=O)CN(C)C(=O)CN(C)C1=O. The highest BCUT2D eigenvalue weighted by Gasteiger charge is 2.54. The molecule has 12 amide bonds. The molecule has 3 N–H and O–H groups in total. The average Bonchev–Trinajstić information content (AvgIpc) is 1.50. The van der Waals surface area contributed by atoms with Gasteiger partial charge in [-0.25, -0.2) is 0 Å². The van der Waals surface area contributed by atoms with Crippen molar-refractivity contribution in [3.63, 3.8) is 0 Å². The van der Waals surface area contributed by atoms with E-state index in [9.17, 15) is 37.1 Å². The molecule has 572 valence electrons. The minimum atomic E-state index is -4.51. The standard InChI is InChI=1S/C73H114ClF3N12O13/c1-10-44(2)61-69(99)83(5)40-59(92)81(3)41-60(93)84(6)55(37-45-20-14-15-21-45)67(97)82(4)39-57(90)78-53(32-28-46-27-31-51(52(74)36-46)73(75,76)77)66(96)88-35-19-26-54(88)64(94)80-72(33-16-17-34-72)71(101)87(9)63(48-22-12-11-13-23-48)70(100)85(7)56(68(98)89-49-29-30-50(89)43-102-42-49)38-58(91)86(8)62(65(95)79-61)47-24-18-25-47/h44-56,61-63H,10-43H2,1-9H3,(H,78,90)(H,79,95)(H,80,94)/t44-,46?,49?,50?,51?,52?,53-,54-,55-,56-,61-,62-,63-/m0/s1. The second-order valence-electron chi connectivity index (χ2n) is 31.7. The van der Waals surface area contributed by atoms with Crippen LogP contribution in [0.25, 0.3) is 0 Å². The Balaban J connectivity index is 1.07. The van der Waals surface area contributed by atoms with E-state index in [1.165, 1.54) is 71.7 Å². The molecule has 4 aliphatic heterocycles. The van der Waals surface area contributed by atoms with E-state index < -0.39 is 174 Å². The number of hydrogen-bond donors (Lipinski definition) is 3. The zero-order valence-electron chi connectivity index (χ0n) is 61.6. The molecule has 9 fully saturated rings. The van der Waals surface area contributed by atoms with Crippen LogP contribution < -0.4 is 16.0 Å². The van der Waals surface area contributed by atoms with Gasteiger partial charge in [0.15, 0.2) is 0 Å². The molecule has 9 aliphatic rings. The van der Waals surface area contributed by atoms with Crippen molar-refractivity contribution < 1.29 is 75.4 Å². The van der Waals surface area contributed by atoms with Crippen molar-refractivity contribution in [3.8, 4) is 0 Å². The fourth-order valence-electron chi connectivity index (χ4n) is 18.0. The number of amides is 12. The number of nitrogens with one attached hydrogen (secondary N) is 3. The first-order chi connectivity index (χ1) is 48.3. The molecule has 5 unspecified atom stereocenters. The number of morpholine rings is 1. The van der Waals surface area contributed by atoms with Gasteiger partial charge in [-0.05, 0) is 132 Å². The molecule has 5 saturated carbocycles. The van der Waals surface area contributed by atoms with Crippen LogP contribution in [0.1, 0.15) is 194 Å². The van der Waals surface area contributed by atoms with E-state index in [4.69, 9.17) is 16.3 Å². The molecule has 25 nitrogen and oxygen atoms in total. The summed E-state index contributed by atoms with van der Waals surface area (Å²) in [4.78, 5) is 193. The van der Waals surface area contributed by atoms with Crippen LogP contribution in [-0.2, 0) is 62.3 Å². The molecule has 1 spiro atoms. The van der Waals surface area contributed by atoms with Gasteiger partial charge in [-0.2, -0.15) is 13.2 Å². The zero-order valence-corrected chi connectivity index (χ0v) is 62.4. The third-order valence-corrected chi connectivity index (χ3v) is 25.3. The number of likely N-dealkylation sites (N-methyl/N-ethyl adjacent to an activating group) is 7. The minimum Gasteiger partial charge on any atom is -0.377 e. The minimum absolute atomic E-state index is 0.00158. The van der Waals surface area contributed by atoms with E-state index in [-0.39, 0.29) is 107 Å². The van der Waals surface area contributed by atoms with Crippen molar-refractivity contribution in [2.24, 2.45) is 35.5 Å². The van der Waals surface area contributed by atoms with Gasteiger partial charge in [0.1, 0.15) is 47.8 Å². The van der Waals surface area contributed by atoms with E-state index in [2.05, 4.69) is 16.0 Å². The summed E-state index contributed by atoms with van der Waals surface area (Å²) in [5.41, 5.74) is -1.56. The smallest absolute Gasteiger partial charge is 0.377 e. The number of rotatable bonds is 10. The van der Waals surface area contributed by atoms with Crippen molar-refractivity contribution in [1.29, 1.82) is 0 Å². The molecule has 5 aliphatic carbocycles. The Hall–Kier alpha value is -6.32. The molecule has 0 radical (unpaired) electrons. The topological polar surface area (TPSA) is 279 Å². The van der Waals surface area contributed by atoms with Crippen molar-refractivity contribution in [3.05, 3.63) is 0 Å². The number of carbonyl (C=O) groups is 12. The van der Waals surface area contributed by atoms with Crippen LogP contribution >= 0.6 is 11.6 Å². The Morgan fingerprint density at radius 2 is 1.20 bits per heavy atom. The number of fused-ring (bicyclic) bond motifs is 3. The summed E-state index contributed by atoms with van der Waals surface area (Å²) in [6.45, 7) is 2.61. The summed E-state index contributed by atoms with van der Waals surface area (Å²) in [5.74, 6) is -10.6. The summed E-state index contributed by atoms with van der Waals surface area (Å²) < 4.78 is 48.0. The Morgan fingerprint density at radius 3 is 1.80 bits per heavy atom. The van der Waals surface area contributed by atoms with Crippen LogP contribution in [-0.4, -0.2) is 275 Å². The number of alkyl halides is 4. The van der Waals surface area contributed by atoms with E-state index in [1.54, 1.807) is 18.9 Å². The summed E-state index contributed by atoms with van der Waals surface area (Å²) >= 11 is 6.41. The lowest BCUT2D eigenvalue weighted by atomic mass is 9.78. The maximum atomic E-state index is 16.0. The summed E-state index contributed by atoms with van der Waals surface area (Å²) in [6.07, 6.45) is 7.72. The lowest BCUT2D eigenvalue weighted by molar-refractivity contribution is -0.182. The molecule has 0 aromatic carbocycles. The zero-order chi connectivity index (χ0) is 74.2. The van der Waals surface area contributed by atoms with Gasteiger partial charge < -0.3 is 64.8 Å². The second kappa shape index (κ2) is 34.7.